The Kier molecular flexibility index (Phi) is 8.61. The predicted octanol–water partition coefficient (Wildman–Crippen LogP) is 1.93. The molecule has 0 bridgehead atoms. The molecule has 0 spiro atoms. The van der Waals surface area contributed by atoms with E-state index in [1.54, 1.807) is 36.4 Å². The van der Waals surface area contributed by atoms with Gasteiger partial charge in [-0.15, -0.1) is 0 Å². The SMILES string of the molecule is O=C(O)C[C@H](NO[C@H](Cc1ccccc1)NC(=O)OCc1ccccc1)C(=O)O. The van der Waals surface area contributed by atoms with Gasteiger partial charge in [-0.1, -0.05) is 60.7 Å². The van der Waals surface area contributed by atoms with Crippen LogP contribution >= 0.6 is 0 Å². The lowest BCUT2D eigenvalue weighted by Crippen LogP contribution is -2.47. The summed E-state index contributed by atoms with van der Waals surface area (Å²) in [6, 6.07) is 16.6. The van der Waals surface area contributed by atoms with E-state index in [0.29, 0.717) is 0 Å². The first-order chi connectivity index (χ1) is 13.9. The summed E-state index contributed by atoms with van der Waals surface area (Å²) >= 11 is 0. The maximum Gasteiger partial charge on any atom is 0.409 e. The number of hydroxylamine groups is 1. The molecule has 0 fully saturated rings. The van der Waals surface area contributed by atoms with Crippen molar-refractivity contribution < 1.29 is 34.2 Å². The van der Waals surface area contributed by atoms with Gasteiger partial charge in [0.2, 0.25) is 0 Å². The molecule has 0 aliphatic carbocycles. The van der Waals surface area contributed by atoms with Crippen molar-refractivity contribution in [2.45, 2.75) is 31.7 Å². The molecule has 0 aromatic heterocycles. The van der Waals surface area contributed by atoms with E-state index in [4.69, 9.17) is 19.8 Å². The van der Waals surface area contributed by atoms with Crippen LogP contribution in [0.1, 0.15) is 17.5 Å². The van der Waals surface area contributed by atoms with Gasteiger partial charge in [-0.05, 0) is 11.1 Å². The molecule has 2 atom stereocenters. The lowest BCUT2D eigenvalue weighted by atomic mass is 10.1. The normalized spacial score (nSPS) is 12.6. The van der Waals surface area contributed by atoms with Gasteiger partial charge in [0.1, 0.15) is 12.6 Å². The van der Waals surface area contributed by atoms with Crippen LogP contribution in [0.2, 0.25) is 0 Å². The molecule has 9 heteroatoms. The number of amides is 1. The highest BCUT2D eigenvalue weighted by Crippen LogP contribution is 2.06. The van der Waals surface area contributed by atoms with Gasteiger partial charge in [-0.3, -0.25) is 19.7 Å². The van der Waals surface area contributed by atoms with E-state index in [1.165, 1.54) is 0 Å². The zero-order chi connectivity index (χ0) is 21.1. The second-order valence-corrected chi connectivity index (χ2v) is 6.11. The number of aliphatic carboxylic acids is 2. The van der Waals surface area contributed by atoms with E-state index >= 15 is 0 Å². The first kappa shape index (κ1) is 21.9. The summed E-state index contributed by atoms with van der Waals surface area (Å²) in [6.07, 6.45) is -2.24. The molecule has 0 unspecified atom stereocenters. The van der Waals surface area contributed by atoms with Crippen LogP contribution in [0.15, 0.2) is 60.7 Å². The number of ether oxygens (including phenoxy) is 1. The molecular weight excluding hydrogens is 380 g/mol. The van der Waals surface area contributed by atoms with Crippen molar-refractivity contribution in [2.24, 2.45) is 0 Å². The fraction of sp³-hybridized carbons (Fsp3) is 0.250. The zero-order valence-electron chi connectivity index (χ0n) is 15.5. The van der Waals surface area contributed by atoms with E-state index in [-0.39, 0.29) is 13.0 Å². The van der Waals surface area contributed by atoms with E-state index in [0.717, 1.165) is 11.1 Å². The number of alkyl carbamates (subject to hydrolysis) is 1. The topological polar surface area (TPSA) is 134 Å². The van der Waals surface area contributed by atoms with Crippen molar-refractivity contribution in [2.75, 3.05) is 0 Å². The minimum absolute atomic E-state index is 0.0505. The average Bonchev–Trinajstić information content (AvgIpc) is 2.70. The lowest BCUT2D eigenvalue weighted by Gasteiger charge is -2.21. The number of nitrogens with one attached hydrogen (secondary N) is 2. The van der Waals surface area contributed by atoms with E-state index in [1.807, 2.05) is 24.3 Å². The number of rotatable bonds is 11. The minimum Gasteiger partial charge on any atom is -0.481 e. The monoisotopic (exact) mass is 402 g/mol. The lowest BCUT2D eigenvalue weighted by molar-refractivity contribution is -0.153. The molecule has 9 nitrogen and oxygen atoms in total. The van der Waals surface area contributed by atoms with E-state index in [9.17, 15) is 14.4 Å². The summed E-state index contributed by atoms with van der Waals surface area (Å²) in [5.74, 6) is -2.69. The van der Waals surface area contributed by atoms with Gasteiger partial charge in [0.15, 0.2) is 6.23 Å². The summed E-state index contributed by atoms with van der Waals surface area (Å²) in [7, 11) is 0. The maximum atomic E-state index is 12.1. The third kappa shape index (κ3) is 8.41. The second-order valence-electron chi connectivity index (χ2n) is 6.11. The predicted molar refractivity (Wildman–Crippen MR) is 102 cm³/mol. The Morgan fingerprint density at radius 1 is 0.897 bits per heavy atom. The van der Waals surface area contributed by atoms with Crippen LogP contribution in [-0.2, 0) is 32.2 Å². The fourth-order valence-electron chi connectivity index (χ4n) is 2.36. The third-order valence-electron chi connectivity index (χ3n) is 3.78. The molecule has 0 aliphatic rings. The summed E-state index contributed by atoms with van der Waals surface area (Å²) in [5, 5.41) is 20.4. The fourth-order valence-corrected chi connectivity index (χ4v) is 2.36. The smallest absolute Gasteiger partial charge is 0.409 e. The Bertz CT molecular complexity index is 799. The summed E-state index contributed by atoms with van der Waals surface area (Å²) in [6.45, 7) is 0.0505. The van der Waals surface area contributed by atoms with Crippen LogP contribution < -0.4 is 10.8 Å². The first-order valence-electron chi connectivity index (χ1n) is 8.81. The Morgan fingerprint density at radius 3 is 2.03 bits per heavy atom. The Morgan fingerprint density at radius 2 is 1.48 bits per heavy atom. The molecule has 0 aliphatic heterocycles. The van der Waals surface area contributed by atoms with Gasteiger partial charge in [0, 0.05) is 6.42 Å². The number of carboxylic acid groups (broad SMARTS) is 2. The molecular formula is C20H22N2O7. The number of hydrogen-bond acceptors (Lipinski definition) is 6. The van der Waals surface area contributed by atoms with Crippen molar-refractivity contribution in [1.29, 1.82) is 0 Å². The molecule has 2 rings (SSSR count). The largest absolute Gasteiger partial charge is 0.481 e. The molecule has 0 saturated heterocycles. The van der Waals surface area contributed by atoms with Crippen LogP contribution in [0.3, 0.4) is 0 Å². The second kappa shape index (κ2) is 11.4. The first-order valence-corrected chi connectivity index (χ1v) is 8.81. The Balaban J connectivity index is 1.97. The Hall–Kier alpha value is -3.43. The molecule has 0 heterocycles. The van der Waals surface area contributed by atoms with Gasteiger partial charge in [-0.2, -0.15) is 5.48 Å². The van der Waals surface area contributed by atoms with Gasteiger partial charge >= 0.3 is 18.0 Å². The molecule has 2 aromatic carbocycles. The number of benzene rings is 2. The van der Waals surface area contributed by atoms with Crippen molar-refractivity contribution in [3.05, 3.63) is 71.8 Å². The quantitative estimate of drug-likeness (QED) is 0.331. The number of carbonyl (C=O) groups is 3. The number of carbonyl (C=O) groups excluding carboxylic acids is 1. The molecule has 29 heavy (non-hydrogen) atoms. The third-order valence-corrected chi connectivity index (χ3v) is 3.78. The molecule has 154 valence electrons. The maximum absolute atomic E-state index is 12.1. The Labute approximate surface area is 167 Å². The van der Waals surface area contributed by atoms with Crippen molar-refractivity contribution in [1.82, 2.24) is 10.8 Å². The van der Waals surface area contributed by atoms with E-state index < -0.39 is 36.7 Å². The van der Waals surface area contributed by atoms with Crippen LogP contribution in [0.25, 0.3) is 0 Å². The van der Waals surface area contributed by atoms with Crippen LogP contribution in [-0.4, -0.2) is 40.5 Å². The van der Waals surface area contributed by atoms with Gasteiger partial charge in [0.05, 0.1) is 6.42 Å². The van der Waals surface area contributed by atoms with Gasteiger partial charge < -0.3 is 14.9 Å². The molecule has 4 N–H and O–H groups in total. The molecule has 2 aromatic rings. The van der Waals surface area contributed by atoms with Crippen molar-refractivity contribution in [3.63, 3.8) is 0 Å². The highest BCUT2D eigenvalue weighted by molar-refractivity contribution is 5.80. The minimum atomic E-state index is -1.48. The van der Waals surface area contributed by atoms with Crippen LogP contribution in [0, 0.1) is 0 Å². The average molecular weight is 402 g/mol. The van der Waals surface area contributed by atoms with Crippen molar-refractivity contribution in [3.8, 4) is 0 Å². The standard InChI is InChI=1S/C20H22N2O7/c23-18(24)12-16(19(25)26)22-29-17(11-14-7-3-1-4-8-14)21-20(27)28-13-15-9-5-2-6-10-15/h1-10,16-17,22H,11-13H2,(H,21,27)(H,23,24)(H,25,26)/t16-,17+/m0/s1. The summed E-state index contributed by atoms with van der Waals surface area (Å²) < 4.78 is 5.15. The summed E-state index contributed by atoms with van der Waals surface area (Å²) in [4.78, 5) is 39.4. The molecule has 1 amide bonds. The highest BCUT2D eigenvalue weighted by Gasteiger charge is 2.24. The van der Waals surface area contributed by atoms with Gasteiger partial charge in [0.25, 0.3) is 0 Å². The highest BCUT2D eigenvalue weighted by atomic mass is 16.7. The van der Waals surface area contributed by atoms with Crippen LogP contribution in [0.5, 0.6) is 0 Å². The van der Waals surface area contributed by atoms with E-state index in [2.05, 4.69) is 10.8 Å². The number of hydrogen-bond donors (Lipinski definition) is 4. The number of carboxylic acids is 2. The van der Waals surface area contributed by atoms with Crippen LogP contribution in [0.4, 0.5) is 4.79 Å². The summed E-state index contributed by atoms with van der Waals surface area (Å²) in [5.41, 5.74) is 3.81. The van der Waals surface area contributed by atoms with Gasteiger partial charge in [-0.25, -0.2) is 4.79 Å². The van der Waals surface area contributed by atoms with Crippen molar-refractivity contribution >= 4 is 18.0 Å². The zero-order valence-corrected chi connectivity index (χ0v) is 15.5. The molecule has 0 radical (unpaired) electrons. The molecule has 0 saturated carbocycles.